The summed E-state index contributed by atoms with van der Waals surface area (Å²) in [7, 11) is 0. The summed E-state index contributed by atoms with van der Waals surface area (Å²) in [6.45, 7) is 2.03. The average Bonchev–Trinajstić information content (AvgIpc) is 2.31. The van der Waals surface area contributed by atoms with Crippen molar-refractivity contribution in [1.82, 2.24) is 0 Å². The van der Waals surface area contributed by atoms with Gasteiger partial charge >= 0.3 is 0 Å². The first-order valence-corrected chi connectivity index (χ1v) is 4.39. The van der Waals surface area contributed by atoms with Crippen LogP contribution in [0.3, 0.4) is 0 Å². The molecule has 2 heteroatoms. The van der Waals surface area contributed by atoms with E-state index < -0.39 is 0 Å². The molecule has 0 aliphatic heterocycles. The maximum absolute atomic E-state index is 11.3. The molecule has 0 radical (unpaired) electrons. The van der Waals surface area contributed by atoms with Gasteiger partial charge in [-0.25, -0.2) is 0 Å². The molecular weight excluding hydrogens is 156 g/mol. The van der Waals surface area contributed by atoms with Gasteiger partial charge in [-0.05, 0) is 19.1 Å². The Kier molecular flexibility index (Phi) is 1.43. The molecule has 0 amide bonds. The molecule has 0 unspecified atom stereocenters. The number of carbonyl (C=O) groups is 1. The number of ketones is 1. The van der Waals surface area contributed by atoms with Crippen LogP contribution in [0.1, 0.15) is 26.5 Å². The number of hydrogen-bond acceptors (Lipinski definition) is 2. The number of thiophene rings is 1. The molecular formula is C9H8OS. The Morgan fingerprint density at radius 2 is 2.36 bits per heavy atom. The predicted molar refractivity (Wildman–Crippen MR) is 47.0 cm³/mol. The third-order valence-electron chi connectivity index (χ3n) is 1.76. The zero-order chi connectivity index (χ0) is 7.84. The van der Waals surface area contributed by atoms with Gasteiger partial charge in [0.15, 0.2) is 5.78 Å². The Morgan fingerprint density at radius 3 is 3.09 bits per heavy atom. The Balaban J connectivity index is 2.62. The Hall–Kier alpha value is -0.890. The normalized spacial score (nSPS) is 15.2. The zero-order valence-electron chi connectivity index (χ0n) is 6.26. The van der Waals surface area contributed by atoms with Gasteiger partial charge < -0.3 is 0 Å². The Labute approximate surface area is 69.4 Å². The minimum atomic E-state index is 0.256. The van der Waals surface area contributed by atoms with Crippen molar-refractivity contribution in [2.24, 2.45) is 0 Å². The standard InChI is InChI=1S/C9H8OS/c1-6-5-7-8(10)3-2-4-9(7)11-6/h2,4-5H,3H2,1H3. The highest BCUT2D eigenvalue weighted by atomic mass is 32.1. The van der Waals surface area contributed by atoms with Crippen LogP contribution < -0.4 is 0 Å². The van der Waals surface area contributed by atoms with Crippen LogP contribution in [0.2, 0.25) is 0 Å². The smallest absolute Gasteiger partial charge is 0.168 e. The second-order valence-corrected chi connectivity index (χ2v) is 3.95. The molecule has 0 N–H and O–H groups in total. The molecule has 0 spiro atoms. The van der Waals surface area contributed by atoms with Crippen molar-refractivity contribution < 1.29 is 4.79 Å². The summed E-state index contributed by atoms with van der Waals surface area (Å²) in [6, 6.07) is 1.98. The summed E-state index contributed by atoms with van der Waals surface area (Å²) in [6.07, 6.45) is 4.54. The van der Waals surface area contributed by atoms with E-state index in [2.05, 4.69) is 0 Å². The molecule has 0 saturated carbocycles. The lowest BCUT2D eigenvalue weighted by molar-refractivity contribution is 0.0995. The molecule has 1 heterocycles. The van der Waals surface area contributed by atoms with E-state index in [9.17, 15) is 4.79 Å². The van der Waals surface area contributed by atoms with Gasteiger partial charge in [0, 0.05) is 21.7 Å². The van der Waals surface area contributed by atoms with Gasteiger partial charge in [-0.2, -0.15) is 0 Å². The van der Waals surface area contributed by atoms with E-state index in [1.165, 1.54) is 4.88 Å². The van der Waals surface area contributed by atoms with E-state index in [1.54, 1.807) is 11.3 Å². The summed E-state index contributed by atoms with van der Waals surface area (Å²) >= 11 is 1.69. The molecule has 1 aliphatic rings. The van der Waals surface area contributed by atoms with Gasteiger partial charge in [0.05, 0.1) is 0 Å². The molecule has 1 nitrogen and oxygen atoms in total. The Bertz CT molecular complexity index is 333. The summed E-state index contributed by atoms with van der Waals surface area (Å²) in [5, 5.41) is 0. The van der Waals surface area contributed by atoms with Crippen LogP contribution in [-0.2, 0) is 0 Å². The second-order valence-electron chi connectivity index (χ2n) is 2.66. The summed E-state index contributed by atoms with van der Waals surface area (Å²) < 4.78 is 0. The number of Topliss-reactive ketones (excluding diaryl/α,β-unsaturated/α-hetero) is 1. The third kappa shape index (κ3) is 1.03. The molecule has 11 heavy (non-hydrogen) atoms. The van der Waals surface area contributed by atoms with E-state index in [1.807, 2.05) is 25.1 Å². The van der Waals surface area contributed by atoms with Crippen LogP contribution in [0.25, 0.3) is 6.08 Å². The van der Waals surface area contributed by atoms with E-state index in [4.69, 9.17) is 0 Å². The average molecular weight is 164 g/mol. The number of fused-ring (bicyclic) bond motifs is 1. The number of allylic oxidation sites excluding steroid dienone is 1. The van der Waals surface area contributed by atoms with E-state index in [-0.39, 0.29) is 5.78 Å². The monoisotopic (exact) mass is 164 g/mol. The first-order chi connectivity index (χ1) is 5.27. The summed E-state index contributed by atoms with van der Waals surface area (Å²) in [5.74, 6) is 0.256. The topological polar surface area (TPSA) is 17.1 Å². The minimum absolute atomic E-state index is 0.256. The number of hydrogen-bond donors (Lipinski definition) is 0. The maximum Gasteiger partial charge on any atom is 0.168 e. The molecule has 0 saturated heterocycles. The lowest BCUT2D eigenvalue weighted by Gasteiger charge is -2.00. The minimum Gasteiger partial charge on any atom is -0.294 e. The molecule has 2 rings (SSSR count). The molecule has 0 fully saturated rings. The van der Waals surface area contributed by atoms with Gasteiger partial charge in [0.25, 0.3) is 0 Å². The van der Waals surface area contributed by atoms with Gasteiger partial charge in [0.1, 0.15) is 0 Å². The fourth-order valence-electron chi connectivity index (χ4n) is 1.26. The summed E-state index contributed by atoms with van der Waals surface area (Å²) in [5.41, 5.74) is 0.912. The van der Waals surface area contributed by atoms with Gasteiger partial charge in [-0.15, -0.1) is 11.3 Å². The lowest BCUT2D eigenvalue weighted by atomic mass is 10.0. The molecule has 0 aromatic carbocycles. The fraction of sp³-hybridized carbons (Fsp3) is 0.222. The van der Waals surface area contributed by atoms with Crippen LogP contribution in [0.5, 0.6) is 0 Å². The van der Waals surface area contributed by atoms with E-state index in [0.717, 1.165) is 10.4 Å². The summed E-state index contributed by atoms with van der Waals surface area (Å²) in [4.78, 5) is 13.6. The van der Waals surface area contributed by atoms with Crippen molar-refractivity contribution >= 4 is 23.2 Å². The third-order valence-corrected chi connectivity index (χ3v) is 2.77. The van der Waals surface area contributed by atoms with Crippen LogP contribution >= 0.6 is 11.3 Å². The van der Waals surface area contributed by atoms with Gasteiger partial charge in [0.2, 0.25) is 0 Å². The Morgan fingerprint density at radius 1 is 1.55 bits per heavy atom. The highest BCUT2D eigenvalue weighted by Crippen LogP contribution is 2.27. The quantitative estimate of drug-likeness (QED) is 0.576. The molecule has 56 valence electrons. The van der Waals surface area contributed by atoms with E-state index >= 15 is 0 Å². The van der Waals surface area contributed by atoms with Gasteiger partial charge in [-0.1, -0.05) is 6.08 Å². The van der Waals surface area contributed by atoms with Crippen LogP contribution in [0.4, 0.5) is 0 Å². The van der Waals surface area contributed by atoms with Crippen LogP contribution in [-0.4, -0.2) is 5.78 Å². The van der Waals surface area contributed by atoms with Crippen molar-refractivity contribution in [3.05, 3.63) is 27.5 Å². The van der Waals surface area contributed by atoms with Crippen molar-refractivity contribution in [1.29, 1.82) is 0 Å². The molecule has 0 bridgehead atoms. The number of aryl methyl sites for hydroxylation is 1. The van der Waals surface area contributed by atoms with Crippen molar-refractivity contribution in [2.75, 3.05) is 0 Å². The number of carbonyl (C=O) groups excluding carboxylic acids is 1. The van der Waals surface area contributed by atoms with Crippen LogP contribution in [0.15, 0.2) is 12.1 Å². The highest BCUT2D eigenvalue weighted by Gasteiger charge is 2.14. The molecule has 1 aromatic heterocycles. The second kappa shape index (κ2) is 2.31. The van der Waals surface area contributed by atoms with Gasteiger partial charge in [-0.3, -0.25) is 4.79 Å². The maximum atomic E-state index is 11.3. The first-order valence-electron chi connectivity index (χ1n) is 3.57. The van der Waals surface area contributed by atoms with Crippen molar-refractivity contribution in [2.45, 2.75) is 13.3 Å². The highest BCUT2D eigenvalue weighted by molar-refractivity contribution is 7.13. The predicted octanol–water partition coefficient (Wildman–Crippen LogP) is 2.66. The molecule has 1 aliphatic carbocycles. The zero-order valence-corrected chi connectivity index (χ0v) is 7.07. The van der Waals surface area contributed by atoms with Crippen molar-refractivity contribution in [3.8, 4) is 0 Å². The largest absolute Gasteiger partial charge is 0.294 e. The molecule has 1 aromatic rings. The van der Waals surface area contributed by atoms with Crippen molar-refractivity contribution in [3.63, 3.8) is 0 Å². The first kappa shape index (κ1) is 6.80. The lowest BCUT2D eigenvalue weighted by Crippen LogP contribution is -1.99. The van der Waals surface area contributed by atoms with Crippen LogP contribution in [0, 0.1) is 6.92 Å². The molecule has 0 atom stereocenters. The number of rotatable bonds is 0. The SMILES string of the molecule is Cc1cc2c(s1)C=CCC2=O. The fourth-order valence-corrected chi connectivity index (χ4v) is 2.23. The van der Waals surface area contributed by atoms with E-state index in [0.29, 0.717) is 6.42 Å².